The van der Waals surface area contributed by atoms with Crippen molar-refractivity contribution in [2.24, 2.45) is 23.2 Å². The highest BCUT2D eigenvalue weighted by Gasteiger charge is 2.50. The molecule has 0 aliphatic heterocycles. The Morgan fingerprint density at radius 2 is 1.89 bits per heavy atom. The minimum Gasteiger partial charge on any atom is -0.493 e. The molecule has 4 saturated carbocycles. The lowest BCUT2D eigenvalue weighted by Gasteiger charge is -2.56. The fourth-order valence-electron chi connectivity index (χ4n) is 6.03. The molecule has 0 unspecified atom stereocenters. The van der Waals surface area contributed by atoms with Crippen LogP contribution in [0.5, 0.6) is 11.5 Å². The van der Waals surface area contributed by atoms with Crippen molar-refractivity contribution < 1.29 is 14.3 Å². The van der Waals surface area contributed by atoms with E-state index in [1.54, 1.807) is 31.4 Å². The van der Waals surface area contributed by atoms with E-state index >= 15 is 0 Å². The molecule has 28 heavy (non-hydrogen) atoms. The summed E-state index contributed by atoms with van der Waals surface area (Å²) in [5, 5.41) is 11.8. The van der Waals surface area contributed by atoms with Crippen molar-refractivity contribution in [2.45, 2.75) is 38.5 Å². The van der Waals surface area contributed by atoms with Gasteiger partial charge in [-0.25, -0.2) is 0 Å². The Morgan fingerprint density at radius 1 is 1.21 bits per heavy atom. The number of amides is 1. The average molecular weight is 380 g/mol. The number of carbonyl (C=O) groups excluding carboxylic acids is 1. The van der Waals surface area contributed by atoms with Crippen LogP contribution in [0.25, 0.3) is 6.08 Å². The van der Waals surface area contributed by atoms with Crippen LogP contribution in [0.3, 0.4) is 0 Å². The van der Waals surface area contributed by atoms with E-state index in [1.165, 1.54) is 38.5 Å². The molecule has 0 spiro atoms. The minimum atomic E-state index is -0.0421. The highest BCUT2D eigenvalue weighted by atomic mass is 16.5. The van der Waals surface area contributed by atoms with Gasteiger partial charge in [0.15, 0.2) is 18.1 Å². The van der Waals surface area contributed by atoms with Gasteiger partial charge >= 0.3 is 0 Å². The van der Waals surface area contributed by atoms with Gasteiger partial charge < -0.3 is 14.8 Å². The molecule has 4 bridgehead atoms. The second-order valence-corrected chi connectivity index (χ2v) is 8.83. The number of hydrogen-bond donors (Lipinski definition) is 1. The Bertz CT molecular complexity index is 773. The van der Waals surface area contributed by atoms with Gasteiger partial charge in [0.25, 0.3) is 0 Å². The SMILES string of the molecule is COc1cc(/C=C/C(=O)NCC23CC4CC(CC(C4)C2)C3)ccc1OCC#N. The number of nitriles is 1. The zero-order valence-corrected chi connectivity index (χ0v) is 16.4. The molecule has 1 amide bonds. The molecule has 0 aromatic heterocycles. The lowest BCUT2D eigenvalue weighted by molar-refractivity contribution is -0.118. The van der Waals surface area contributed by atoms with Crippen molar-refractivity contribution in [3.05, 3.63) is 29.8 Å². The smallest absolute Gasteiger partial charge is 0.244 e. The van der Waals surface area contributed by atoms with Gasteiger partial charge in [-0.2, -0.15) is 5.26 Å². The predicted molar refractivity (Wildman–Crippen MR) is 107 cm³/mol. The fourth-order valence-corrected chi connectivity index (χ4v) is 6.03. The summed E-state index contributed by atoms with van der Waals surface area (Å²) in [6.45, 7) is 0.780. The molecule has 1 aromatic carbocycles. The number of methoxy groups -OCH3 is 1. The highest BCUT2D eigenvalue weighted by molar-refractivity contribution is 5.91. The second-order valence-electron chi connectivity index (χ2n) is 8.83. The van der Waals surface area contributed by atoms with Gasteiger partial charge in [0, 0.05) is 12.6 Å². The number of ether oxygens (including phenoxy) is 2. The fraction of sp³-hybridized carbons (Fsp3) is 0.565. The van der Waals surface area contributed by atoms with Crippen molar-refractivity contribution in [3.63, 3.8) is 0 Å². The normalized spacial score (nSPS) is 30.2. The zero-order valence-electron chi connectivity index (χ0n) is 16.4. The average Bonchev–Trinajstić information content (AvgIpc) is 2.68. The number of nitrogens with zero attached hydrogens (tertiary/aromatic N) is 1. The van der Waals surface area contributed by atoms with Gasteiger partial charge in [0.05, 0.1) is 7.11 Å². The van der Waals surface area contributed by atoms with E-state index in [1.807, 2.05) is 12.1 Å². The number of rotatable bonds is 7. The molecule has 4 aliphatic carbocycles. The third-order valence-electron chi connectivity index (χ3n) is 6.71. The number of nitrogens with one attached hydrogen (secondary N) is 1. The molecule has 148 valence electrons. The van der Waals surface area contributed by atoms with Crippen molar-refractivity contribution in [1.82, 2.24) is 5.32 Å². The molecule has 5 heteroatoms. The Hall–Kier alpha value is -2.48. The topological polar surface area (TPSA) is 71.3 Å². The van der Waals surface area contributed by atoms with E-state index in [0.717, 1.165) is 29.9 Å². The van der Waals surface area contributed by atoms with Crippen LogP contribution in [0, 0.1) is 34.5 Å². The lowest BCUT2D eigenvalue weighted by Crippen LogP contribution is -2.51. The summed E-state index contributed by atoms with van der Waals surface area (Å²) < 4.78 is 10.6. The Labute approximate surface area is 166 Å². The maximum Gasteiger partial charge on any atom is 0.244 e. The van der Waals surface area contributed by atoms with Crippen LogP contribution < -0.4 is 14.8 Å². The first kappa shape index (κ1) is 18.9. The summed E-state index contributed by atoms with van der Waals surface area (Å²) in [6.07, 6.45) is 11.5. The molecule has 0 heterocycles. The van der Waals surface area contributed by atoms with E-state index in [-0.39, 0.29) is 12.5 Å². The van der Waals surface area contributed by atoms with E-state index in [2.05, 4.69) is 5.32 Å². The second kappa shape index (κ2) is 7.87. The summed E-state index contributed by atoms with van der Waals surface area (Å²) in [7, 11) is 1.56. The molecule has 5 rings (SSSR count). The standard InChI is InChI=1S/C23H28N2O3/c1-27-21-11-16(2-4-20(21)28-7-6-24)3-5-22(26)25-15-23-12-17-8-18(13-23)10-19(9-17)14-23/h2-5,11,17-19H,7-10,12-15H2,1H3,(H,25,26)/b5-3+. The molecular formula is C23H28N2O3. The molecule has 0 saturated heterocycles. The van der Waals surface area contributed by atoms with Crippen LogP contribution in [-0.4, -0.2) is 26.2 Å². The van der Waals surface area contributed by atoms with Crippen molar-refractivity contribution in [1.29, 1.82) is 5.26 Å². The summed E-state index contributed by atoms with van der Waals surface area (Å²) in [6, 6.07) is 7.34. The van der Waals surface area contributed by atoms with Crippen LogP contribution >= 0.6 is 0 Å². The van der Waals surface area contributed by atoms with Crippen LogP contribution in [0.1, 0.15) is 44.1 Å². The lowest BCUT2D eigenvalue weighted by atomic mass is 9.49. The van der Waals surface area contributed by atoms with E-state index in [0.29, 0.717) is 16.9 Å². The van der Waals surface area contributed by atoms with E-state index in [4.69, 9.17) is 14.7 Å². The largest absolute Gasteiger partial charge is 0.493 e. The Morgan fingerprint density at radius 3 is 2.50 bits per heavy atom. The van der Waals surface area contributed by atoms with Gasteiger partial charge in [-0.05, 0) is 85.5 Å². The van der Waals surface area contributed by atoms with Crippen molar-refractivity contribution >= 4 is 12.0 Å². The van der Waals surface area contributed by atoms with Gasteiger partial charge in [0.2, 0.25) is 5.91 Å². The first-order valence-corrected chi connectivity index (χ1v) is 10.2. The van der Waals surface area contributed by atoms with Gasteiger partial charge in [-0.15, -0.1) is 0 Å². The summed E-state index contributed by atoms with van der Waals surface area (Å²) >= 11 is 0. The molecule has 4 fully saturated rings. The number of carbonyl (C=O) groups is 1. The van der Waals surface area contributed by atoms with Crippen LogP contribution in [0.4, 0.5) is 0 Å². The summed E-state index contributed by atoms with van der Waals surface area (Å²) in [5.74, 6) is 3.71. The van der Waals surface area contributed by atoms with Gasteiger partial charge in [-0.1, -0.05) is 6.07 Å². The van der Waals surface area contributed by atoms with Gasteiger partial charge in [0.1, 0.15) is 6.07 Å². The monoisotopic (exact) mass is 380 g/mol. The minimum absolute atomic E-state index is 0.0295. The van der Waals surface area contributed by atoms with E-state index < -0.39 is 0 Å². The Kier molecular flexibility index (Phi) is 5.30. The molecule has 1 aromatic rings. The first-order valence-electron chi connectivity index (χ1n) is 10.2. The molecule has 4 aliphatic rings. The van der Waals surface area contributed by atoms with Gasteiger partial charge in [-0.3, -0.25) is 4.79 Å². The molecule has 0 atom stereocenters. The summed E-state index contributed by atoms with van der Waals surface area (Å²) in [5.41, 5.74) is 1.20. The first-order chi connectivity index (χ1) is 13.6. The van der Waals surface area contributed by atoms with Crippen molar-refractivity contribution in [2.75, 3.05) is 20.3 Å². The van der Waals surface area contributed by atoms with Crippen LogP contribution in [-0.2, 0) is 4.79 Å². The summed E-state index contributed by atoms with van der Waals surface area (Å²) in [4.78, 5) is 12.4. The number of benzene rings is 1. The zero-order chi connectivity index (χ0) is 19.6. The molecule has 1 N–H and O–H groups in total. The maximum absolute atomic E-state index is 12.4. The third kappa shape index (κ3) is 4.01. The highest BCUT2D eigenvalue weighted by Crippen LogP contribution is 2.59. The van der Waals surface area contributed by atoms with E-state index in [9.17, 15) is 4.79 Å². The molecule has 0 radical (unpaired) electrons. The van der Waals surface area contributed by atoms with Crippen molar-refractivity contribution in [3.8, 4) is 17.6 Å². The quantitative estimate of drug-likeness (QED) is 0.727. The number of hydrogen-bond acceptors (Lipinski definition) is 4. The third-order valence-corrected chi connectivity index (χ3v) is 6.71. The molecule has 5 nitrogen and oxygen atoms in total. The molecular weight excluding hydrogens is 352 g/mol. The van der Waals surface area contributed by atoms with Crippen LogP contribution in [0.2, 0.25) is 0 Å². The predicted octanol–water partition coefficient (Wildman–Crippen LogP) is 3.94. The van der Waals surface area contributed by atoms with Crippen LogP contribution in [0.15, 0.2) is 24.3 Å². The maximum atomic E-state index is 12.4. The Balaban J connectivity index is 1.34.